The second-order valence-corrected chi connectivity index (χ2v) is 6.92. The number of hydrogen-bond donors (Lipinski definition) is 2. The molecule has 2 rings (SSSR count). The topological polar surface area (TPSA) is 55.1 Å². The molecular formula is C14H26N2O. The van der Waals surface area contributed by atoms with Gasteiger partial charge in [-0.3, -0.25) is 4.79 Å². The zero-order chi connectivity index (χ0) is 12.5. The summed E-state index contributed by atoms with van der Waals surface area (Å²) >= 11 is 0. The Bertz CT molecular complexity index is 295. The van der Waals surface area contributed by atoms with Crippen molar-refractivity contribution in [3.05, 3.63) is 0 Å². The van der Waals surface area contributed by atoms with E-state index in [1.54, 1.807) is 0 Å². The van der Waals surface area contributed by atoms with E-state index in [4.69, 9.17) is 5.73 Å². The van der Waals surface area contributed by atoms with Crippen molar-refractivity contribution in [1.29, 1.82) is 0 Å². The van der Waals surface area contributed by atoms with Crippen molar-refractivity contribution in [2.45, 2.75) is 76.8 Å². The molecule has 3 N–H and O–H groups in total. The molecule has 0 radical (unpaired) electrons. The van der Waals surface area contributed by atoms with Crippen LogP contribution in [0.15, 0.2) is 0 Å². The Morgan fingerprint density at radius 1 is 1.29 bits per heavy atom. The van der Waals surface area contributed by atoms with Crippen LogP contribution in [0.1, 0.15) is 65.2 Å². The lowest BCUT2D eigenvalue weighted by molar-refractivity contribution is -0.124. The highest BCUT2D eigenvalue weighted by Crippen LogP contribution is 2.36. The van der Waals surface area contributed by atoms with Gasteiger partial charge in [0.1, 0.15) is 0 Å². The van der Waals surface area contributed by atoms with Crippen LogP contribution >= 0.6 is 0 Å². The van der Waals surface area contributed by atoms with Crippen LogP contribution in [0.25, 0.3) is 0 Å². The molecule has 1 atom stereocenters. The molecule has 0 aliphatic heterocycles. The number of amides is 1. The Morgan fingerprint density at radius 3 is 2.53 bits per heavy atom. The molecule has 0 heterocycles. The summed E-state index contributed by atoms with van der Waals surface area (Å²) in [4.78, 5) is 11.9. The second kappa shape index (κ2) is 4.60. The monoisotopic (exact) mass is 238 g/mol. The molecule has 3 heteroatoms. The summed E-state index contributed by atoms with van der Waals surface area (Å²) in [7, 11) is 0. The molecule has 0 aromatic heterocycles. The number of nitrogens with one attached hydrogen (secondary N) is 1. The van der Waals surface area contributed by atoms with Crippen molar-refractivity contribution < 1.29 is 4.79 Å². The van der Waals surface area contributed by atoms with Crippen LogP contribution in [0.5, 0.6) is 0 Å². The average Bonchev–Trinajstić information content (AvgIpc) is 2.13. The SMILES string of the molecule is CC1(C)CCCC(NC(=O)CC2(N)CCC2)C1. The first-order valence-electron chi connectivity index (χ1n) is 6.97. The first-order chi connectivity index (χ1) is 7.89. The van der Waals surface area contributed by atoms with E-state index in [1.165, 1.54) is 19.3 Å². The summed E-state index contributed by atoms with van der Waals surface area (Å²) in [6, 6.07) is 0.370. The van der Waals surface area contributed by atoms with Gasteiger partial charge in [-0.25, -0.2) is 0 Å². The van der Waals surface area contributed by atoms with Gasteiger partial charge < -0.3 is 11.1 Å². The van der Waals surface area contributed by atoms with E-state index in [2.05, 4.69) is 19.2 Å². The minimum absolute atomic E-state index is 0.162. The Balaban J connectivity index is 1.78. The molecule has 0 bridgehead atoms. The molecule has 0 saturated heterocycles. The zero-order valence-electron chi connectivity index (χ0n) is 11.2. The molecule has 1 unspecified atom stereocenters. The first-order valence-corrected chi connectivity index (χ1v) is 6.97. The normalized spacial score (nSPS) is 30.4. The first kappa shape index (κ1) is 12.9. The van der Waals surface area contributed by atoms with E-state index >= 15 is 0 Å². The summed E-state index contributed by atoms with van der Waals surface area (Å²) in [5.74, 6) is 0.162. The van der Waals surface area contributed by atoms with Gasteiger partial charge in [0.05, 0.1) is 0 Å². The highest BCUT2D eigenvalue weighted by molar-refractivity contribution is 5.77. The van der Waals surface area contributed by atoms with Crippen LogP contribution in [-0.2, 0) is 4.79 Å². The van der Waals surface area contributed by atoms with Gasteiger partial charge in [-0.1, -0.05) is 20.3 Å². The maximum atomic E-state index is 11.9. The molecule has 0 aromatic rings. The van der Waals surface area contributed by atoms with Crippen LogP contribution in [0.3, 0.4) is 0 Å². The molecule has 98 valence electrons. The maximum absolute atomic E-state index is 11.9. The van der Waals surface area contributed by atoms with E-state index in [1.807, 2.05) is 0 Å². The molecule has 3 nitrogen and oxygen atoms in total. The predicted octanol–water partition coefficient (Wildman–Crippen LogP) is 2.34. The van der Waals surface area contributed by atoms with Gasteiger partial charge in [0, 0.05) is 18.0 Å². The van der Waals surface area contributed by atoms with Crippen molar-refractivity contribution in [3.8, 4) is 0 Å². The van der Waals surface area contributed by atoms with Gasteiger partial charge >= 0.3 is 0 Å². The van der Waals surface area contributed by atoms with Crippen LogP contribution < -0.4 is 11.1 Å². The summed E-state index contributed by atoms with van der Waals surface area (Å²) < 4.78 is 0. The molecule has 2 aliphatic carbocycles. The number of nitrogens with two attached hydrogens (primary N) is 1. The average molecular weight is 238 g/mol. The van der Waals surface area contributed by atoms with E-state index in [-0.39, 0.29) is 11.4 Å². The van der Waals surface area contributed by atoms with Crippen molar-refractivity contribution >= 4 is 5.91 Å². The van der Waals surface area contributed by atoms with Gasteiger partial charge in [0.25, 0.3) is 0 Å². The standard InChI is InChI=1S/C14H26N2O/c1-13(2)6-3-5-11(9-13)16-12(17)10-14(15)7-4-8-14/h11H,3-10,15H2,1-2H3,(H,16,17). The third-order valence-electron chi connectivity index (χ3n) is 4.43. The third-order valence-corrected chi connectivity index (χ3v) is 4.43. The Hall–Kier alpha value is -0.570. The summed E-state index contributed by atoms with van der Waals surface area (Å²) in [5, 5.41) is 3.18. The Labute approximate surface area is 105 Å². The van der Waals surface area contributed by atoms with Crippen molar-refractivity contribution in [3.63, 3.8) is 0 Å². The maximum Gasteiger partial charge on any atom is 0.222 e. The highest BCUT2D eigenvalue weighted by Gasteiger charge is 2.36. The number of hydrogen-bond acceptors (Lipinski definition) is 2. The lowest BCUT2D eigenvalue weighted by Crippen LogP contribution is -2.51. The fraction of sp³-hybridized carbons (Fsp3) is 0.929. The van der Waals surface area contributed by atoms with E-state index < -0.39 is 0 Å². The molecular weight excluding hydrogens is 212 g/mol. The number of carbonyl (C=O) groups is 1. The summed E-state index contributed by atoms with van der Waals surface area (Å²) in [6.45, 7) is 4.59. The predicted molar refractivity (Wildman–Crippen MR) is 69.6 cm³/mol. The summed E-state index contributed by atoms with van der Waals surface area (Å²) in [5.41, 5.74) is 6.30. The van der Waals surface area contributed by atoms with E-state index in [9.17, 15) is 4.79 Å². The van der Waals surface area contributed by atoms with Gasteiger partial charge in [0.15, 0.2) is 0 Å². The molecule has 0 aromatic carbocycles. The van der Waals surface area contributed by atoms with Crippen LogP contribution in [0, 0.1) is 5.41 Å². The Kier molecular flexibility index (Phi) is 3.48. The molecule has 2 aliphatic rings. The van der Waals surface area contributed by atoms with Gasteiger partial charge in [-0.05, 0) is 43.9 Å². The molecule has 2 fully saturated rings. The lowest BCUT2D eigenvalue weighted by atomic mass is 9.74. The quantitative estimate of drug-likeness (QED) is 0.793. The molecule has 2 saturated carbocycles. The zero-order valence-corrected chi connectivity index (χ0v) is 11.2. The lowest BCUT2D eigenvalue weighted by Gasteiger charge is -2.39. The fourth-order valence-corrected chi connectivity index (χ4v) is 3.23. The number of carbonyl (C=O) groups excluding carboxylic acids is 1. The molecule has 17 heavy (non-hydrogen) atoms. The van der Waals surface area contributed by atoms with Crippen LogP contribution in [-0.4, -0.2) is 17.5 Å². The minimum Gasteiger partial charge on any atom is -0.353 e. The third kappa shape index (κ3) is 3.44. The Morgan fingerprint density at radius 2 is 2.00 bits per heavy atom. The highest BCUT2D eigenvalue weighted by atomic mass is 16.1. The molecule has 1 amide bonds. The van der Waals surface area contributed by atoms with Crippen LogP contribution in [0.4, 0.5) is 0 Å². The fourth-order valence-electron chi connectivity index (χ4n) is 3.23. The van der Waals surface area contributed by atoms with Gasteiger partial charge in [-0.15, -0.1) is 0 Å². The molecule has 0 spiro atoms. The summed E-state index contributed by atoms with van der Waals surface area (Å²) in [6.07, 6.45) is 8.46. The number of rotatable bonds is 3. The van der Waals surface area contributed by atoms with E-state index in [0.29, 0.717) is 17.9 Å². The minimum atomic E-state index is -0.186. The van der Waals surface area contributed by atoms with Crippen molar-refractivity contribution in [2.75, 3.05) is 0 Å². The van der Waals surface area contributed by atoms with Gasteiger partial charge in [-0.2, -0.15) is 0 Å². The second-order valence-electron chi connectivity index (χ2n) is 6.92. The van der Waals surface area contributed by atoms with E-state index in [0.717, 1.165) is 25.7 Å². The van der Waals surface area contributed by atoms with Crippen LogP contribution in [0.2, 0.25) is 0 Å². The smallest absolute Gasteiger partial charge is 0.222 e. The van der Waals surface area contributed by atoms with Gasteiger partial charge in [0.2, 0.25) is 5.91 Å². The largest absolute Gasteiger partial charge is 0.353 e. The van der Waals surface area contributed by atoms with Crippen molar-refractivity contribution in [1.82, 2.24) is 5.32 Å². The van der Waals surface area contributed by atoms with Crippen molar-refractivity contribution in [2.24, 2.45) is 11.1 Å².